The van der Waals surface area contributed by atoms with Crippen molar-refractivity contribution in [2.24, 2.45) is 0 Å². The van der Waals surface area contributed by atoms with Gasteiger partial charge in [0, 0.05) is 19.1 Å². The highest BCUT2D eigenvalue weighted by Gasteiger charge is 2.08. The van der Waals surface area contributed by atoms with Gasteiger partial charge in [-0.2, -0.15) is 5.12 Å². The Morgan fingerprint density at radius 1 is 1.44 bits per heavy atom. The van der Waals surface area contributed by atoms with Gasteiger partial charge in [-0.15, -0.1) is 0 Å². The van der Waals surface area contributed by atoms with E-state index in [0.29, 0.717) is 6.42 Å². The van der Waals surface area contributed by atoms with Crippen LogP contribution in [0, 0.1) is 10.1 Å². The molecule has 0 unspecified atom stereocenters. The van der Waals surface area contributed by atoms with Gasteiger partial charge >= 0.3 is 0 Å². The van der Waals surface area contributed by atoms with Crippen LogP contribution in [0.3, 0.4) is 0 Å². The van der Waals surface area contributed by atoms with Gasteiger partial charge in [0.15, 0.2) is 0 Å². The third-order valence-corrected chi connectivity index (χ3v) is 2.09. The van der Waals surface area contributed by atoms with Crippen LogP contribution < -0.4 is 0 Å². The van der Waals surface area contributed by atoms with E-state index >= 15 is 0 Å². The van der Waals surface area contributed by atoms with Gasteiger partial charge in [-0.3, -0.25) is 14.9 Å². The summed E-state index contributed by atoms with van der Waals surface area (Å²) >= 11 is 0. The summed E-state index contributed by atoms with van der Waals surface area (Å²) in [6, 6.07) is 5.80. The molecule has 6 heteroatoms. The minimum Gasteiger partial charge on any atom is -0.273 e. The van der Waals surface area contributed by atoms with Crippen LogP contribution in [0.1, 0.15) is 12.5 Å². The number of hydrogen-bond acceptors (Lipinski definition) is 3. The van der Waals surface area contributed by atoms with E-state index in [1.807, 2.05) is 0 Å². The first-order valence-corrected chi connectivity index (χ1v) is 4.68. The lowest BCUT2D eigenvalue weighted by molar-refractivity contribution is -0.384. The summed E-state index contributed by atoms with van der Waals surface area (Å²) in [6.45, 7) is 1.09. The highest BCUT2D eigenvalue weighted by atomic mass is 19.2. The van der Waals surface area contributed by atoms with Gasteiger partial charge < -0.3 is 0 Å². The monoisotopic (exact) mass is 226 g/mol. The average Bonchev–Trinajstić information content (AvgIpc) is 2.26. The molecule has 0 saturated heterocycles. The SMILES string of the molecule is CC(=O)N(F)CCc1ccc([N+](=O)[O-])cc1. The third-order valence-electron chi connectivity index (χ3n) is 2.09. The molecule has 0 aliphatic rings. The van der Waals surface area contributed by atoms with Crippen LogP contribution >= 0.6 is 0 Å². The molecule has 0 atom stereocenters. The summed E-state index contributed by atoms with van der Waals surface area (Å²) in [5.74, 6) is -0.651. The van der Waals surface area contributed by atoms with Crippen LogP contribution in [0.25, 0.3) is 0 Å². The normalized spacial score (nSPS) is 9.88. The lowest BCUT2D eigenvalue weighted by atomic mass is 10.1. The van der Waals surface area contributed by atoms with E-state index in [9.17, 15) is 19.4 Å². The number of non-ortho nitro benzene ring substituents is 1. The Balaban J connectivity index is 2.56. The standard InChI is InChI=1S/C10H11FN2O3/c1-8(14)12(11)7-6-9-2-4-10(5-3-9)13(15)16/h2-5H,6-7H2,1H3. The van der Waals surface area contributed by atoms with E-state index in [1.165, 1.54) is 12.1 Å². The summed E-state index contributed by atoms with van der Waals surface area (Å²) < 4.78 is 12.8. The van der Waals surface area contributed by atoms with E-state index in [-0.39, 0.29) is 17.4 Å². The second-order valence-corrected chi connectivity index (χ2v) is 3.28. The molecule has 0 fully saturated rings. The number of carbonyl (C=O) groups excluding carboxylic acids is 1. The molecule has 0 bridgehead atoms. The number of hydrogen-bond donors (Lipinski definition) is 0. The maximum absolute atomic E-state index is 12.8. The zero-order valence-electron chi connectivity index (χ0n) is 8.72. The summed E-state index contributed by atoms with van der Waals surface area (Å²) in [6.07, 6.45) is 0.327. The molecule has 1 amide bonds. The first-order chi connectivity index (χ1) is 7.50. The maximum Gasteiger partial charge on any atom is 0.269 e. The molecule has 0 aromatic heterocycles. The van der Waals surface area contributed by atoms with Crippen molar-refractivity contribution < 1.29 is 14.2 Å². The molecule has 86 valence electrons. The Hall–Kier alpha value is -1.98. The fourth-order valence-electron chi connectivity index (χ4n) is 1.17. The van der Waals surface area contributed by atoms with Crippen molar-refractivity contribution in [3.05, 3.63) is 39.9 Å². The molecule has 16 heavy (non-hydrogen) atoms. The van der Waals surface area contributed by atoms with Crippen molar-refractivity contribution in [3.8, 4) is 0 Å². The number of nitro groups is 1. The van der Waals surface area contributed by atoms with E-state index in [1.54, 1.807) is 12.1 Å². The lowest BCUT2D eigenvalue weighted by Crippen LogP contribution is -2.21. The zero-order valence-corrected chi connectivity index (χ0v) is 8.72. The highest BCUT2D eigenvalue weighted by Crippen LogP contribution is 2.12. The molecule has 0 aliphatic carbocycles. The lowest BCUT2D eigenvalue weighted by Gasteiger charge is -2.08. The van der Waals surface area contributed by atoms with Gasteiger partial charge in [-0.25, -0.2) is 0 Å². The summed E-state index contributed by atoms with van der Waals surface area (Å²) in [5, 5.41) is 10.5. The second kappa shape index (κ2) is 5.20. The quantitative estimate of drug-likeness (QED) is 0.447. The molecule has 1 aromatic carbocycles. The summed E-state index contributed by atoms with van der Waals surface area (Å²) in [4.78, 5) is 20.4. The van der Waals surface area contributed by atoms with Crippen molar-refractivity contribution in [2.75, 3.05) is 6.54 Å². The van der Waals surface area contributed by atoms with Crippen molar-refractivity contribution in [1.82, 2.24) is 5.12 Å². The highest BCUT2D eigenvalue weighted by molar-refractivity contribution is 5.71. The smallest absolute Gasteiger partial charge is 0.269 e. The van der Waals surface area contributed by atoms with Crippen LogP contribution in [-0.4, -0.2) is 22.5 Å². The molecule has 1 rings (SSSR count). The average molecular weight is 226 g/mol. The van der Waals surface area contributed by atoms with Gasteiger partial charge in [0.1, 0.15) is 0 Å². The first-order valence-electron chi connectivity index (χ1n) is 4.68. The number of nitrogens with zero attached hydrogens (tertiary/aromatic N) is 2. The topological polar surface area (TPSA) is 63.5 Å². The van der Waals surface area contributed by atoms with Crippen LogP contribution in [0.15, 0.2) is 24.3 Å². The number of amides is 1. The van der Waals surface area contributed by atoms with Crippen LogP contribution in [-0.2, 0) is 11.2 Å². The minimum absolute atomic E-state index is 0.00702. The van der Waals surface area contributed by atoms with Gasteiger partial charge in [-0.05, 0) is 12.0 Å². The predicted molar refractivity (Wildman–Crippen MR) is 55.3 cm³/mol. The number of benzene rings is 1. The fourth-order valence-corrected chi connectivity index (χ4v) is 1.17. The van der Waals surface area contributed by atoms with E-state index < -0.39 is 10.8 Å². The fraction of sp³-hybridized carbons (Fsp3) is 0.300. The molecule has 0 saturated carbocycles. The Kier molecular flexibility index (Phi) is 3.93. The van der Waals surface area contributed by atoms with E-state index in [0.717, 1.165) is 12.5 Å². The van der Waals surface area contributed by atoms with Gasteiger partial charge in [0.25, 0.3) is 5.69 Å². The molecule has 5 nitrogen and oxygen atoms in total. The van der Waals surface area contributed by atoms with E-state index in [4.69, 9.17) is 0 Å². The van der Waals surface area contributed by atoms with Crippen LogP contribution in [0.2, 0.25) is 0 Å². The number of carbonyl (C=O) groups is 1. The largest absolute Gasteiger partial charge is 0.273 e. The van der Waals surface area contributed by atoms with Crippen molar-refractivity contribution in [1.29, 1.82) is 0 Å². The molecule has 0 heterocycles. The first kappa shape index (κ1) is 12.1. The Bertz CT molecular complexity index is 392. The van der Waals surface area contributed by atoms with Crippen molar-refractivity contribution in [3.63, 3.8) is 0 Å². The van der Waals surface area contributed by atoms with Gasteiger partial charge in [0.2, 0.25) is 5.91 Å². The maximum atomic E-state index is 12.8. The second-order valence-electron chi connectivity index (χ2n) is 3.28. The molecular weight excluding hydrogens is 215 g/mol. The van der Waals surface area contributed by atoms with Crippen LogP contribution in [0.5, 0.6) is 0 Å². The molecule has 0 spiro atoms. The van der Waals surface area contributed by atoms with Crippen molar-refractivity contribution in [2.45, 2.75) is 13.3 Å². The van der Waals surface area contributed by atoms with E-state index in [2.05, 4.69) is 0 Å². The molecule has 0 N–H and O–H groups in total. The number of rotatable bonds is 4. The Labute approximate surface area is 91.6 Å². The summed E-state index contributed by atoms with van der Waals surface area (Å²) in [5.41, 5.74) is 0.738. The van der Waals surface area contributed by atoms with Crippen molar-refractivity contribution >= 4 is 11.6 Å². The Morgan fingerprint density at radius 3 is 2.44 bits per heavy atom. The summed E-state index contributed by atoms with van der Waals surface area (Å²) in [7, 11) is 0. The van der Waals surface area contributed by atoms with Crippen LogP contribution in [0.4, 0.5) is 10.2 Å². The molecule has 0 aliphatic heterocycles. The Morgan fingerprint density at radius 2 is 2.00 bits per heavy atom. The minimum atomic E-state index is -0.651. The third kappa shape index (κ3) is 3.30. The molecule has 1 aromatic rings. The molecule has 0 radical (unpaired) electrons. The number of halogens is 1. The van der Waals surface area contributed by atoms with Gasteiger partial charge in [0.05, 0.1) is 11.5 Å². The van der Waals surface area contributed by atoms with Gasteiger partial charge in [-0.1, -0.05) is 16.6 Å². The molecular formula is C10H11FN2O3. The predicted octanol–water partition coefficient (Wildman–Crippen LogP) is 1.87. The zero-order chi connectivity index (χ0) is 12.1. The number of nitro benzene ring substituents is 1.